The van der Waals surface area contributed by atoms with Crippen LogP contribution < -0.4 is 9.47 Å². The predicted molar refractivity (Wildman–Crippen MR) is 85.6 cm³/mol. The Kier molecular flexibility index (Phi) is 5.16. The van der Waals surface area contributed by atoms with E-state index in [2.05, 4.69) is 0 Å². The number of ketones is 1. The molecule has 2 aromatic rings. The lowest BCUT2D eigenvalue weighted by molar-refractivity contribution is -0.116. The van der Waals surface area contributed by atoms with Crippen molar-refractivity contribution in [3.8, 4) is 23.0 Å². The summed E-state index contributed by atoms with van der Waals surface area (Å²) in [7, 11) is 1.46. The van der Waals surface area contributed by atoms with Gasteiger partial charge in [0.2, 0.25) is 0 Å². The van der Waals surface area contributed by atoms with E-state index in [9.17, 15) is 9.90 Å². The Morgan fingerprint density at radius 3 is 2.32 bits per heavy atom. The van der Waals surface area contributed by atoms with E-state index in [1.807, 2.05) is 0 Å². The van der Waals surface area contributed by atoms with Crippen LogP contribution in [0, 0.1) is 0 Å². The summed E-state index contributed by atoms with van der Waals surface area (Å²) in [6, 6.07) is 7.85. The minimum Gasteiger partial charge on any atom is -0.504 e. The maximum Gasteiger partial charge on any atom is 0.164 e. The van der Waals surface area contributed by atoms with E-state index in [1.165, 1.54) is 20.1 Å². The molecule has 0 bridgehead atoms. The fourth-order valence-corrected chi connectivity index (χ4v) is 2.56. The summed E-state index contributed by atoms with van der Waals surface area (Å²) in [4.78, 5) is 11.2. The number of hydrogen-bond donors (Lipinski definition) is 1. The quantitative estimate of drug-likeness (QED) is 0.861. The van der Waals surface area contributed by atoms with Crippen molar-refractivity contribution in [2.45, 2.75) is 13.3 Å². The van der Waals surface area contributed by atoms with Gasteiger partial charge in [-0.1, -0.05) is 23.2 Å². The minimum absolute atomic E-state index is 0.0147. The fourth-order valence-electron chi connectivity index (χ4n) is 1.95. The first-order chi connectivity index (χ1) is 10.4. The summed E-state index contributed by atoms with van der Waals surface area (Å²) in [5.41, 5.74) is 0.715. The molecule has 4 nitrogen and oxygen atoms in total. The van der Waals surface area contributed by atoms with Crippen molar-refractivity contribution in [1.82, 2.24) is 0 Å². The van der Waals surface area contributed by atoms with Gasteiger partial charge in [-0.25, -0.2) is 0 Å². The van der Waals surface area contributed by atoms with Crippen LogP contribution in [0.15, 0.2) is 30.3 Å². The van der Waals surface area contributed by atoms with Gasteiger partial charge in [-0.05, 0) is 36.8 Å². The van der Waals surface area contributed by atoms with Crippen LogP contribution in [0.5, 0.6) is 23.0 Å². The van der Waals surface area contributed by atoms with E-state index < -0.39 is 0 Å². The summed E-state index contributed by atoms with van der Waals surface area (Å²) >= 11 is 12.3. The van der Waals surface area contributed by atoms with Gasteiger partial charge in [0.05, 0.1) is 17.2 Å². The Morgan fingerprint density at radius 1 is 1.18 bits per heavy atom. The third-order valence-corrected chi connectivity index (χ3v) is 3.44. The minimum atomic E-state index is -0.0551. The smallest absolute Gasteiger partial charge is 0.164 e. The number of methoxy groups -OCH3 is 1. The summed E-state index contributed by atoms with van der Waals surface area (Å²) in [5.74, 6) is 0.921. The van der Waals surface area contributed by atoms with Crippen molar-refractivity contribution in [1.29, 1.82) is 0 Å². The van der Waals surface area contributed by atoms with Crippen LogP contribution in [0.3, 0.4) is 0 Å². The lowest BCUT2D eigenvalue weighted by Gasteiger charge is -2.12. The average molecular weight is 341 g/mol. The summed E-state index contributed by atoms with van der Waals surface area (Å²) in [6.07, 6.45) is 0.253. The zero-order valence-electron chi connectivity index (χ0n) is 12.0. The lowest BCUT2D eigenvalue weighted by Crippen LogP contribution is -1.97. The number of carbonyl (C=O) groups excluding carboxylic acids is 1. The zero-order chi connectivity index (χ0) is 16.3. The van der Waals surface area contributed by atoms with Crippen molar-refractivity contribution < 1.29 is 19.4 Å². The molecule has 116 valence electrons. The number of carbonyl (C=O) groups is 1. The highest BCUT2D eigenvalue weighted by Crippen LogP contribution is 2.39. The van der Waals surface area contributed by atoms with Crippen LogP contribution in [-0.4, -0.2) is 18.0 Å². The van der Waals surface area contributed by atoms with E-state index in [-0.39, 0.29) is 23.7 Å². The predicted octanol–water partition coefficient (Wildman–Crippen LogP) is 4.63. The summed E-state index contributed by atoms with van der Waals surface area (Å²) in [5, 5.41) is 10.3. The molecule has 6 heteroatoms. The molecule has 1 N–H and O–H groups in total. The third-order valence-electron chi connectivity index (χ3n) is 2.88. The van der Waals surface area contributed by atoms with Crippen molar-refractivity contribution in [3.05, 3.63) is 45.9 Å². The number of phenolic OH excluding ortho intramolecular Hbond substituents is 1. The number of phenols is 1. The Balaban J connectivity index is 2.29. The molecule has 2 rings (SSSR count). The van der Waals surface area contributed by atoms with E-state index in [0.717, 1.165) is 0 Å². The number of Topliss-reactive ketones (excluding diaryl/α,β-unsaturated/α-hetero) is 1. The molecule has 0 atom stereocenters. The highest BCUT2D eigenvalue weighted by molar-refractivity contribution is 6.37. The van der Waals surface area contributed by atoms with Crippen LogP contribution in [0.4, 0.5) is 0 Å². The normalized spacial score (nSPS) is 10.4. The lowest BCUT2D eigenvalue weighted by atomic mass is 10.1. The van der Waals surface area contributed by atoms with Crippen molar-refractivity contribution in [3.63, 3.8) is 0 Å². The van der Waals surface area contributed by atoms with Gasteiger partial charge in [0.25, 0.3) is 0 Å². The van der Waals surface area contributed by atoms with Gasteiger partial charge < -0.3 is 14.6 Å². The van der Waals surface area contributed by atoms with Gasteiger partial charge in [0, 0.05) is 12.5 Å². The average Bonchev–Trinajstić information content (AvgIpc) is 2.42. The molecule has 0 aromatic heterocycles. The molecule has 0 spiro atoms. The van der Waals surface area contributed by atoms with Gasteiger partial charge in [-0.3, -0.25) is 4.79 Å². The monoisotopic (exact) mass is 340 g/mol. The zero-order valence-corrected chi connectivity index (χ0v) is 13.5. The number of aromatic hydroxyl groups is 1. The molecule has 0 fully saturated rings. The Labute approximate surface area is 138 Å². The SMILES string of the molecule is COc1ccc(Oc2c(Cl)cc(CC(C)=O)cc2Cl)cc1O. The molecule has 0 aliphatic rings. The molecule has 0 saturated heterocycles. The first kappa shape index (κ1) is 16.5. The van der Waals surface area contributed by atoms with Crippen LogP contribution in [0.1, 0.15) is 12.5 Å². The molecular weight excluding hydrogens is 327 g/mol. The first-order valence-corrected chi connectivity index (χ1v) is 7.18. The molecule has 0 radical (unpaired) electrons. The molecule has 22 heavy (non-hydrogen) atoms. The number of benzene rings is 2. The van der Waals surface area contributed by atoms with Crippen LogP contribution in [-0.2, 0) is 11.2 Å². The molecule has 0 amide bonds. The largest absolute Gasteiger partial charge is 0.504 e. The molecular formula is C16H14Cl2O4. The molecule has 2 aromatic carbocycles. The number of ether oxygens (including phenoxy) is 2. The highest BCUT2D eigenvalue weighted by atomic mass is 35.5. The van der Waals surface area contributed by atoms with Gasteiger partial charge >= 0.3 is 0 Å². The van der Waals surface area contributed by atoms with E-state index in [0.29, 0.717) is 27.1 Å². The number of halogens is 2. The van der Waals surface area contributed by atoms with Gasteiger partial charge in [-0.15, -0.1) is 0 Å². The van der Waals surface area contributed by atoms with Gasteiger partial charge in [0.15, 0.2) is 17.2 Å². The maximum absolute atomic E-state index is 11.2. The van der Waals surface area contributed by atoms with Crippen molar-refractivity contribution >= 4 is 29.0 Å². The second kappa shape index (κ2) is 6.90. The highest BCUT2D eigenvalue weighted by Gasteiger charge is 2.13. The van der Waals surface area contributed by atoms with Gasteiger partial charge in [-0.2, -0.15) is 0 Å². The van der Waals surface area contributed by atoms with E-state index in [1.54, 1.807) is 24.3 Å². The Morgan fingerprint density at radius 2 is 1.82 bits per heavy atom. The number of hydrogen-bond acceptors (Lipinski definition) is 4. The Hall–Kier alpha value is -1.91. The molecule has 0 heterocycles. The number of rotatable bonds is 5. The second-order valence-electron chi connectivity index (χ2n) is 4.70. The van der Waals surface area contributed by atoms with Crippen molar-refractivity contribution in [2.24, 2.45) is 0 Å². The molecule has 0 saturated carbocycles. The van der Waals surface area contributed by atoms with Gasteiger partial charge in [0.1, 0.15) is 11.5 Å². The molecule has 0 aliphatic heterocycles. The second-order valence-corrected chi connectivity index (χ2v) is 5.52. The topological polar surface area (TPSA) is 55.8 Å². The van der Waals surface area contributed by atoms with Crippen LogP contribution in [0.25, 0.3) is 0 Å². The first-order valence-electron chi connectivity index (χ1n) is 6.43. The van der Waals surface area contributed by atoms with E-state index in [4.69, 9.17) is 32.7 Å². The molecule has 0 unspecified atom stereocenters. The van der Waals surface area contributed by atoms with E-state index >= 15 is 0 Å². The fraction of sp³-hybridized carbons (Fsp3) is 0.188. The third kappa shape index (κ3) is 3.84. The maximum atomic E-state index is 11.2. The standard InChI is InChI=1S/C16H14Cl2O4/c1-9(19)5-10-6-12(17)16(13(18)7-10)22-11-3-4-15(21-2)14(20)8-11/h3-4,6-8,20H,5H2,1-2H3. The summed E-state index contributed by atoms with van der Waals surface area (Å²) < 4.78 is 10.6. The van der Waals surface area contributed by atoms with Crippen LogP contribution in [0.2, 0.25) is 10.0 Å². The van der Waals surface area contributed by atoms with Crippen molar-refractivity contribution in [2.75, 3.05) is 7.11 Å². The van der Waals surface area contributed by atoms with Crippen LogP contribution >= 0.6 is 23.2 Å². The molecule has 0 aliphatic carbocycles. The Bertz CT molecular complexity index is 690. The summed E-state index contributed by atoms with van der Waals surface area (Å²) in [6.45, 7) is 1.49.